The Labute approximate surface area is 65.8 Å². The molecule has 0 saturated heterocycles. The Kier molecular flexibility index (Phi) is 15.3. The summed E-state index contributed by atoms with van der Waals surface area (Å²) in [4.78, 5) is 0. The molecule has 0 amide bonds. The van der Waals surface area contributed by atoms with Crippen molar-refractivity contribution >= 4 is 17.0 Å². The third-order valence-electron chi connectivity index (χ3n) is 0.658. The molecule has 0 radical (unpaired) electrons. The first-order chi connectivity index (χ1) is 2.91. The molecule has 0 aromatic carbocycles. The zero-order valence-electron chi connectivity index (χ0n) is 4.52. The Morgan fingerprint density at radius 3 is 2.29 bits per heavy atom. The number of unbranched alkanes of at least 4 members (excludes halogenated alkanes) is 1. The number of hydrogen-bond acceptors (Lipinski definition) is 0. The van der Waals surface area contributed by atoms with Crippen LogP contribution in [0.15, 0.2) is 12.7 Å². The van der Waals surface area contributed by atoms with Crippen molar-refractivity contribution in [2.24, 2.45) is 0 Å². The van der Waals surface area contributed by atoms with E-state index < -0.39 is 0 Å². The van der Waals surface area contributed by atoms with E-state index in [4.69, 9.17) is 0 Å². The normalized spacial score (nSPS) is 7.14. The second-order valence-corrected chi connectivity index (χ2v) is 2.77. The van der Waals surface area contributed by atoms with Gasteiger partial charge < -0.3 is 0 Å². The summed E-state index contributed by atoms with van der Waals surface area (Å²) < 4.78 is 0. The summed E-state index contributed by atoms with van der Waals surface area (Å²) in [6, 6.07) is 0. The predicted molar refractivity (Wildman–Crippen MR) is 34.6 cm³/mol. The topological polar surface area (TPSA) is 0 Å². The number of halogens is 1. The van der Waals surface area contributed by atoms with E-state index in [0.29, 0.717) is 0 Å². The van der Waals surface area contributed by atoms with Gasteiger partial charge in [-0.2, -0.15) is 0 Å². The monoisotopic (exact) mass is 213 g/mol. The SMILES string of the molecule is Br.C=CCC[CH2][Zn]. The van der Waals surface area contributed by atoms with E-state index in [-0.39, 0.29) is 17.0 Å². The molecule has 0 unspecified atom stereocenters. The summed E-state index contributed by atoms with van der Waals surface area (Å²) in [5, 5.41) is 1.41. The van der Waals surface area contributed by atoms with Crippen molar-refractivity contribution in [3.8, 4) is 0 Å². The molecule has 0 spiro atoms. The van der Waals surface area contributed by atoms with Gasteiger partial charge in [0.1, 0.15) is 0 Å². The van der Waals surface area contributed by atoms with E-state index in [1.165, 1.54) is 36.2 Å². The first-order valence-corrected chi connectivity index (χ1v) is 4.41. The molecule has 0 saturated carbocycles. The molecule has 0 aliphatic rings. The molecule has 0 rings (SSSR count). The van der Waals surface area contributed by atoms with Gasteiger partial charge in [-0.25, -0.2) is 0 Å². The van der Waals surface area contributed by atoms with Crippen LogP contribution in [0.1, 0.15) is 12.8 Å². The Hall–Kier alpha value is 0.843. The van der Waals surface area contributed by atoms with Crippen LogP contribution in [0.2, 0.25) is 5.02 Å². The summed E-state index contributed by atoms with van der Waals surface area (Å²) in [5.74, 6) is 0. The molecular formula is C5H10BrZn. The quantitative estimate of drug-likeness (QED) is 0.385. The fraction of sp³-hybridized carbons (Fsp3) is 0.600. The van der Waals surface area contributed by atoms with Gasteiger partial charge in [-0.05, 0) is 0 Å². The van der Waals surface area contributed by atoms with E-state index in [9.17, 15) is 0 Å². The van der Waals surface area contributed by atoms with Crippen molar-refractivity contribution in [2.45, 2.75) is 17.9 Å². The van der Waals surface area contributed by atoms with Crippen LogP contribution in [0.4, 0.5) is 0 Å². The summed E-state index contributed by atoms with van der Waals surface area (Å²) in [6.45, 7) is 3.61. The maximum absolute atomic E-state index is 3.61. The van der Waals surface area contributed by atoms with Crippen LogP contribution in [-0.2, 0) is 18.3 Å². The van der Waals surface area contributed by atoms with Crippen LogP contribution < -0.4 is 0 Å². The number of rotatable bonds is 3. The molecule has 0 atom stereocenters. The summed E-state index contributed by atoms with van der Waals surface area (Å²) in [5.41, 5.74) is 0. The molecule has 0 nitrogen and oxygen atoms in total. The van der Waals surface area contributed by atoms with Crippen molar-refractivity contribution in [1.82, 2.24) is 0 Å². The zero-order chi connectivity index (χ0) is 4.83. The van der Waals surface area contributed by atoms with E-state index in [1.54, 1.807) is 0 Å². The molecule has 2 heteroatoms. The van der Waals surface area contributed by atoms with Gasteiger partial charge in [-0.3, -0.25) is 0 Å². The van der Waals surface area contributed by atoms with Crippen molar-refractivity contribution < 1.29 is 18.3 Å². The van der Waals surface area contributed by atoms with Gasteiger partial charge in [0.05, 0.1) is 0 Å². The van der Waals surface area contributed by atoms with E-state index >= 15 is 0 Å². The average Bonchev–Trinajstić information content (AvgIpc) is 1.61. The van der Waals surface area contributed by atoms with Gasteiger partial charge in [0, 0.05) is 0 Å². The number of hydrogen-bond donors (Lipinski definition) is 0. The van der Waals surface area contributed by atoms with Gasteiger partial charge in [-0.1, -0.05) is 0 Å². The van der Waals surface area contributed by atoms with Crippen LogP contribution in [-0.4, -0.2) is 0 Å². The van der Waals surface area contributed by atoms with Crippen LogP contribution >= 0.6 is 17.0 Å². The molecule has 0 aromatic heterocycles. The Morgan fingerprint density at radius 2 is 2.14 bits per heavy atom. The fourth-order valence-electron chi connectivity index (χ4n) is 0.289. The van der Waals surface area contributed by atoms with E-state index in [1.807, 2.05) is 6.08 Å². The molecule has 0 bridgehead atoms. The maximum atomic E-state index is 3.61. The molecule has 0 aromatic rings. The zero-order valence-corrected chi connectivity index (χ0v) is 9.20. The first-order valence-electron chi connectivity index (χ1n) is 2.32. The van der Waals surface area contributed by atoms with Crippen molar-refractivity contribution in [1.29, 1.82) is 0 Å². The van der Waals surface area contributed by atoms with Crippen molar-refractivity contribution in [3.05, 3.63) is 12.7 Å². The number of allylic oxidation sites excluding steroid dienone is 1. The standard InChI is InChI=1S/C5H9.BrH.Zn/c1-3-5-4-2;;/h3H,1-2,4-5H2;1H;. The molecule has 7 heavy (non-hydrogen) atoms. The molecule has 0 fully saturated rings. The van der Waals surface area contributed by atoms with Crippen LogP contribution in [0, 0.1) is 0 Å². The third kappa shape index (κ3) is 10.9. The van der Waals surface area contributed by atoms with Crippen LogP contribution in [0.25, 0.3) is 0 Å². The Morgan fingerprint density at radius 1 is 1.57 bits per heavy atom. The third-order valence-corrected chi connectivity index (χ3v) is 1.71. The minimum atomic E-state index is 0. The molecular weight excluding hydrogens is 205 g/mol. The predicted octanol–water partition coefficient (Wildman–Crippen LogP) is 2.50. The first kappa shape index (κ1) is 10.8. The van der Waals surface area contributed by atoms with Crippen LogP contribution in [0.5, 0.6) is 0 Å². The van der Waals surface area contributed by atoms with E-state index in [0.717, 1.165) is 0 Å². The summed E-state index contributed by atoms with van der Waals surface area (Å²) >= 11 is 1.44. The van der Waals surface area contributed by atoms with Gasteiger partial charge in [-0.15, -0.1) is 17.0 Å². The van der Waals surface area contributed by atoms with Gasteiger partial charge in [0.2, 0.25) is 0 Å². The molecule has 39 valence electrons. The Bertz CT molecular complexity index is 37.1. The fourth-order valence-corrected chi connectivity index (χ4v) is 0.894. The molecule has 0 N–H and O–H groups in total. The van der Waals surface area contributed by atoms with Crippen molar-refractivity contribution in [2.75, 3.05) is 0 Å². The van der Waals surface area contributed by atoms with Gasteiger partial charge in [0.15, 0.2) is 0 Å². The Balaban J connectivity index is 0. The molecule has 0 aliphatic heterocycles. The van der Waals surface area contributed by atoms with Gasteiger partial charge >= 0.3 is 48.8 Å². The second-order valence-electron chi connectivity index (χ2n) is 1.28. The van der Waals surface area contributed by atoms with E-state index in [2.05, 4.69) is 6.58 Å². The summed E-state index contributed by atoms with van der Waals surface area (Å²) in [6.07, 6.45) is 4.54. The minimum absolute atomic E-state index is 0. The molecule has 0 aliphatic carbocycles. The van der Waals surface area contributed by atoms with Gasteiger partial charge in [0.25, 0.3) is 0 Å². The average molecular weight is 215 g/mol. The van der Waals surface area contributed by atoms with Crippen molar-refractivity contribution in [3.63, 3.8) is 0 Å². The molecule has 0 heterocycles. The van der Waals surface area contributed by atoms with Crippen LogP contribution in [0.3, 0.4) is 0 Å². The second kappa shape index (κ2) is 9.96. The summed E-state index contributed by atoms with van der Waals surface area (Å²) in [7, 11) is 0.